The molecule has 1 atom stereocenters. The molecule has 92 valence electrons. The number of thiazole rings is 1. The number of aryl methyl sites for hydroxylation is 2. The van der Waals surface area contributed by atoms with E-state index < -0.39 is 0 Å². The molecule has 0 saturated heterocycles. The molecule has 0 bridgehead atoms. The van der Waals surface area contributed by atoms with Crippen molar-refractivity contribution >= 4 is 11.3 Å². The summed E-state index contributed by atoms with van der Waals surface area (Å²) in [4.78, 5) is 4.43. The highest BCUT2D eigenvalue weighted by atomic mass is 32.1. The van der Waals surface area contributed by atoms with Crippen LogP contribution in [0, 0.1) is 6.92 Å². The fraction of sp³-hybridized carbons (Fsp3) is 0.500. The summed E-state index contributed by atoms with van der Waals surface area (Å²) in [5, 5.41) is 11.0. The summed E-state index contributed by atoms with van der Waals surface area (Å²) in [5.74, 6) is 0. The molecule has 0 aliphatic rings. The van der Waals surface area contributed by atoms with E-state index in [1.807, 2.05) is 17.8 Å². The lowest BCUT2D eigenvalue weighted by molar-refractivity contribution is 0.571. The van der Waals surface area contributed by atoms with E-state index in [1.54, 1.807) is 11.3 Å². The van der Waals surface area contributed by atoms with Crippen LogP contribution >= 0.6 is 11.3 Å². The molecule has 2 aromatic heterocycles. The Morgan fingerprint density at radius 3 is 2.94 bits per heavy atom. The van der Waals surface area contributed by atoms with Crippen molar-refractivity contribution in [2.45, 2.75) is 39.9 Å². The third-order valence-corrected chi connectivity index (χ3v) is 3.67. The largest absolute Gasteiger partial charge is 0.304 e. The van der Waals surface area contributed by atoms with Crippen LogP contribution in [0.2, 0.25) is 0 Å². The van der Waals surface area contributed by atoms with Gasteiger partial charge in [-0.05, 0) is 20.8 Å². The van der Waals surface area contributed by atoms with Gasteiger partial charge >= 0.3 is 0 Å². The predicted molar refractivity (Wildman–Crippen MR) is 70.0 cm³/mol. The van der Waals surface area contributed by atoms with Crippen LogP contribution in [0.1, 0.15) is 36.2 Å². The molecule has 1 unspecified atom stereocenters. The summed E-state index contributed by atoms with van der Waals surface area (Å²) >= 11 is 1.70. The topological polar surface area (TPSA) is 42.7 Å². The van der Waals surface area contributed by atoms with Gasteiger partial charge in [-0.1, -0.05) is 0 Å². The molecule has 0 amide bonds. The first-order valence-electron chi connectivity index (χ1n) is 5.85. The smallest absolute Gasteiger partial charge is 0.107 e. The third-order valence-electron chi connectivity index (χ3n) is 2.70. The number of aromatic nitrogens is 3. The van der Waals surface area contributed by atoms with E-state index in [9.17, 15) is 0 Å². The summed E-state index contributed by atoms with van der Waals surface area (Å²) in [6, 6.07) is 0.305. The zero-order valence-corrected chi connectivity index (χ0v) is 11.3. The minimum absolute atomic E-state index is 0.305. The number of rotatable bonds is 5. The fourth-order valence-electron chi connectivity index (χ4n) is 1.62. The van der Waals surface area contributed by atoms with Gasteiger partial charge in [0.1, 0.15) is 5.01 Å². The molecule has 2 heterocycles. The van der Waals surface area contributed by atoms with Crippen molar-refractivity contribution in [3.8, 4) is 0 Å². The standard InChI is InChI=1S/C12H18N4S/c1-4-16-7-11(5-14-16)10(3)13-6-12-15-9(2)8-17-12/h5,7-8,10,13H,4,6H2,1-3H3. The van der Waals surface area contributed by atoms with Gasteiger partial charge in [-0.15, -0.1) is 11.3 Å². The van der Waals surface area contributed by atoms with Gasteiger partial charge in [0.15, 0.2) is 0 Å². The zero-order valence-electron chi connectivity index (χ0n) is 10.5. The van der Waals surface area contributed by atoms with Crippen molar-refractivity contribution in [1.82, 2.24) is 20.1 Å². The maximum absolute atomic E-state index is 4.43. The van der Waals surface area contributed by atoms with Gasteiger partial charge in [0.05, 0.1) is 6.20 Å². The quantitative estimate of drug-likeness (QED) is 0.886. The van der Waals surface area contributed by atoms with Gasteiger partial charge in [0.2, 0.25) is 0 Å². The second-order valence-corrected chi connectivity index (χ2v) is 5.06. The maximum atomic E-state index is 4.43. The van der Waals surface area contributed by atoms with Gasteiger partial charge in [-0.2, -0.15) is 5.10 Å². The first-order valence-corrected chi connectivity index (χ1v) is 6.73. The van der Waals surface area contributed by atoms with E-state index in [0.29, 0.717) is 6.04 Å². The first kappa shape index (κ1) is 12.3. The molecule has 0 radical (unpaired) electrons. The van der Waals surface area contributed by atoms with Gasteiger partial charge < -0.3 is 5.32 Å². The van der Waals surface area contributed by atoms with Crippen molar-refractivity contribution < 1.29 is 0 Å². The first-order chi connectivity index (χ1) is 8.19. The lowest BCUT2D eigenvalue weighted by atomic mass is 10.2. The van der Waals surface area contributed by atoms with Crippen molar-refractivity contribution in [1.29, 1.82) is 0 Å². The molecule has 2 rings (SSSR count). The number of hydrogen-bond acceptors (Lipinski definition) is 4. The van der Waals surface area contributed by atoms with Crippen LogP contribution in [-0.2, 0) is 13.1 Å². The van der Waals surface area contributed by atoms with Crippen molar-refractivity contribution in [2.24, 2.45) is 0 Å². The van der Waals surface area contributed by atoms with Crippen molar-refractivity contribution in [2.75, 3.05) is 0 Å². The Bertz CT molecular complexity index is 474. The molecule has 1 N–H and O–H groups in total. The molecule has 17 heavy (non-hydrogen) atoms. The fourth-order valence-corrected chi connectivity index (χ4v) is 2.34. The van der Waals surface area contributed by atoms with E-state index in [4.69, 9.17) is 0 Å². The molecule has 0 aromatic carbocycles. The Labute approximate surface area is 106 Å². The van der Waals surface area contributed by atoms with Crippen LogP contribution in [0.4, 0.5) is 0 Å². The summed E-state index contributed by atoms with van der Waals surface area (Å²) in [7, 11) is 0. The Morgan fingerprint density at radius 2 is 2.35 bits per heavy atom. The Balaban J connectivity index is 1.90. The molecular formula is C12H18N4S. The normalized spacial score (nSPS) is 12.9. The predicted octanol–water partition coefficient (Wildman–Crippen LogP) is 2.52. The lowest BCUT2D eigenvalue weighted by Gasteiger charge is -2.10. The third kappa shape index (κ3) is 3.14. The van der Waals surface area contributed by atoms with Gasteiger partial charge in [-0.3, -0.25) is 4.68 Å². The van der Waals surface area contributed by atoms with Gasteiger partial charge in [-0.25, -0.2) is 4.98 Å². The molecule has 0 fully saturated rings. The number of hydrogen-bond donors (Lipinski definition) is 1. The minimum atomic E-state index is 0.305. The summed E-state index contributed by atoms with van der Waals surface area (Å²) in [6.45, 7) is 7.99. The molecule has 0 saturated carbocycles. The van der Waals surface area contributed by atoms with E-state index in [-0.39, 0.29) is 0 Å². The molecule has 0 aliphatic carbocycles. The van der Waals surface area contributed by atoms with Crippen LogP contribution in [0.15, 0.2) is 17.8 Å². The number of nitrogens with one attached hydrogen (secondary N) is 1. The minimum Gasteiger partial charge on any atom is -0.304 e. The highest BCUT2D eigenvalue weighted by Gasteiger charge is 2.08. The molecule has 5 heteroatoms. The van der Waals surface area contributed by atoms with Crippen molar-refractivity contribution in [3.05, 3.63) is 34.0 Å². The second-order valence-electron chi connectivity index (χ2n) is 4.11. The van der Waals surface area contributed by atoms with Gasteiger partial charge in [0.25, 0.3) is 0 Å². The summed E-state index contributed by atoms with van der Waals surface area (Å²) in [5.41, 5.74) is 2.32. The van der Waals surface area contributed by atoms with Gasteiger partial charge in [0, 0.05) is 42.0 Å². The average molecular weight is 250 g/mol. The van der Waals surface area contributed by atoms with Crippen LogP contribution in [0.3, 0.4) is 0 Å². The Kier molecular flexibility index (Phi) is 3.91. The van der Waals surface area contributed by atoms with Crippen LogP contribution in [0.25, 0.3) is 0 Å². The summed E-state index contributed by atoms with van der Waals surface area (Å²) < 4.78 is 1.95. The highest BCUT2D eigenvalue weighted by molar-refractivity contribution is 7.09. The number of nitrogens with zero attached hydrogens (tertiary/aromatic N) is 3. The Hall–Kier alpha value is -1.20. The highest BCUT2D eigenvalue weighted by Crippen LogP contribution is 2.13. The van der Waals surface area contributed by atoms with E-state index in [0.717, 1.165) is 23.8 Å². The van der Waals surface area contributed by atoms with E-state index in [2.05, 4.69) is 40.8 Å². The summed E-state index contributed by atoms with van der Waals surface area (Å²) in [6.07, 6.45) is 4.01. The second kappa shape index (κ2) is 5.42. The van der Waals surface area contributed by atoms with Crippen LogP contribution in [-0.4, -0.2) is 14.8 Å². The molecule has 0 spiro atoms. The van der Waals surface area contributed by atoms with Crippen molar-refractivity contribution in [3.63, 3.8) is 0 Å². The SMILES string of the molecule is CCn1cc(C(C)NCc2nc(C)cs2)cn1. The molecular weight excluding hydrogens is 232 g/mol. The molecule has 4 nitrogen and oxygen atoms in total. The Morgan fingerprint density at radius 1 is 1.53 bits per heavy atom. The lowest BCUT2D eigenvalue weighted by Crippen LogP contribution is -2.17. The molecule has 2 aromatic rings. The van der Waals surface area contributed by atoms with E-state index >= 15 is 0 Å². The van der Waals surface area contributed by atoms with Crippen LogP contribution < -0.4 is 5.32 Å². The van der Waals surface area contributed by atoms with E-state index in [1.165, 1.54) is 5.56 Å². The average Bonchev–Trinajstić information content (AvgIpc) is 2.94. The molecule has 0 aliphatic heterocycles. The zero-order chi connectivity index (χ0) is 12.3. The van der Waals surface area contributed by atoms with Crippen LogP contribution in [0.5, 0.6) is 0 Å². The maximum Gasteiger partial charge on any atom is 0.107 e. The monoisotopic (exact) mass is 250 g/mol.